The lowest BCUT2D eigenvalue weighted by atomic mass is 10.1. The first-order valence-electron chi connectivity index (χ1n) is 9.04. The SMILES string of the molecule is CCCN(CCC)C(=O)c1ccc(C(=O)Nc2cc(Cl)ccc2OC)cc1. The molecule has 0 heterocycles. The quantitative estimate of drug-likeness (QED) is 0.702. The Labute approximate surface area is 165 Å². The summed E-state index contributed by atoms with van der Waals surface area (Å²) < 4.78 is 5.24. The first kappa shape index (κ1) is 20.8. The van der Waals surface area contributed by atoms with Crippen LogP contribution in [0.15, 0.2) is 42.5 Å². The first-order valence-corrected chi connectivity index (χ1v) is 9.42. The minimum atomic E-state index is -0.298. The van der Waals surface area contributed by atoms with Gasteiger partial charge in [-0.2, -0.15) is 0 Å². The molecule has 2 aromatic carbocycles. The second-order valence-electron chi connectivity index (χ2n) is 6.17. The number of halogens is 1. The van der Waals surface area contributed by atoms with E-state index in [-0.39, 0.29) is 11.8 Å². The zero-order chi connectivity index (χ0) is 19.8. The van der Waals surface area contributed by atoms with Gasteiger partial charge in [-0.15, -0.1) is 0 Å². The van der Waals surface area contributed by atoms with Gasteiger partial charge in [0.2, 0.25) is 0 Å². The third-order valence-electron chi connectivity index (χ3n) is 4.08. The molecule has 0 aliphatic heterocycles. The average molecular weight is 389 g/mol. The van der Waals surface area contributed by atoms with Gasteiger partial charge in [-0.1, -0.05) is 25.4 Å². The fourth-order valence-electron chi connectivity index (χ4n) is 2.77. The van der Waals surface area contributed by atoms with E-state index >= 15 is 0 Å². The van der Waals surface area contributed by atoms with Crippen LogP contribution in [0, 0.1) is 0 Å². The number of amides is 2. The highest BCUT2D eigenvalue weighted by Crippen LogP contribution is 2.28. The lowest BCUT2D eigenvalue weighted by molar-refractivity contribution is 0.0755. The minimum Gasteiger partial charge on any atom is -0.495 e. The lowest BCUT2D eigenvalue weighted by Crippen LogP contribution is -2.32. The van der Waals surface area contributed by atoms with Crippen LogP contribution in [-0.2, 0) is 0 Å². The van der Waals surface area contributed by atoms with Crippen LogP contribution in [0.1, 0.15) is 47.4 Å². The number of anilines is 1. The van der Waals surface area contributed by atoms with Gasteiger partial charge in [0, 0.05) is 29.2 Å². The molecule has 0 bridgehead atoms. The van der Waals surface area contributed by atoms with E-state index in [1.807, 2.05) is 18.7 Å². The number of nitrogens with one attached hydrogen (secondary N) is 1. The fourth-order valence-corrected chi connectivity index (χ4v) is 2.95. The van der Waals surface area contributed by atoms with Crippen LogP contribution in [0.2, 0.25) is 5.02 Å². The van der Waals surface area contributed by atoms with E-state index in [0.717, 1.165) is 25.9 Å². The molecule has 6 heteroatoms. The summed E-state index contributed by atoms with van der Waals surface area (Å²) in [4.78, 5) is 27.0. The van der Waals surface area contributed by atoms with Crippen molar-refractivity contribution in [2.45, 2.75) is 26.7 Å². The van der Waals surface area contributed by atoms with Gasteiger partial charge < -0.3 is 15.0 Å². The standard InChI is InChI=1S/C21H25ClN2O3/c1-4-12-24(13-5-2)21(26)16-8-6-15(7-9-16)20(25)23-18-14-17(22)10-11-19(18)27-3/h6-11,14H,4-5,12-13H2,1-3H3,(H,23,25). The Kier molecular flexibility index (Phi) is 7.67. The number of rotatable bonds is 8. The van der Waals surface area contributed by atoms with Crippen molar-refractivity contribution < 1.29 is 14.3 Å². The Morgan fingerprint density at radius 2 is 1.59 bits per heavy atom. The highest BCUT2D eigenvalue weighted by molar-refractivity contribution is 6.31. The highest BCUT2D eigenvalue weighted by Gasteiger charge is 2.15. The summed E-state index contributed by atoms with van der Waals surface area (Å²) in [6, 6.07) is 11.7. The number of benzene rings is 2. The molecule has 0 unspecified atom stereocenters. The molecule has 0 atom stereocenters. The van der Waals surface area contributed by atoms with Crippen molar-refractivity contribution in [3.8, 4) is 5.75 Å². The molecule has 27 heavy (non-hydrogen) atoms. The van der Waals surface area contributed by atoms with Crippen LogP contribution < -0.4 is 10.1 Å². The van der Waals surface area contributed by atoms with Crippen molar-refractivity contribution in [1.29, 1.82) is 0 Å². The van der Waals surface area contributed by atoms with E-state index in [4.69, 9.17) is 16.3 Å². The van der Waals surface area contributed by atoms with Crippen molar-refractivity contribution in [2.24, 2.45) is 0 Å². The number of ether oxygens (including phenoxy) is 1. The molecule has 0 fully saturated rings. The van der Waals surface area contributed by atoms with Crippen LogP contribution in [0.5, 0.6) is 5.75 Å². The molecule has 2 aromatic rings. The number of methoxy groups -OCH3 is 1. The molecule has 0 spiro atoms. The highest BCUT2D eigenvalue weighted by atomic mass is 35.5. The molecule has 5 nitrogen and oxygen atoms in total. The van der Waals surface area contributed by atoms with E-state index in [1.54, 1.807) is 42.5 Å². The van der Waals surface area contributed by atoms with Crippen molar-refractivity contribution in [1.82, 2.24) is 4.90 Å². The van der Waals surface area contributed by atoms with E-state index < -0.39 is 0 Å². The van der Waals surface area contributed by atoms with Crippen molar-refractivity contribution >= 4 is 29.1 Å². The third kappa shape index (κ3) is 5.47. The molecule has 144 valence electrons. The molecule has 0 aliphatic carbocycles. The van der Waals surface area contributed by atoms with Crippen LogP contribution in [0.3, 0.4) is 0 Å². The summed E-state index contributed by atoms with van der Waals surface area (Å²) in [5.74, 6) is 0.213. The van der Waals surface area contributed by atoms with Crippen molar-refractivity contribution in [3.05, 3.63) is 58.6 Å². The zero-order valence-electron chi connectivity index (χ0n) is 15.9. The number of nitrogens with zero attached hydrogens (tertiary/aromatic N) is 1. The largest absolute Gasteiger partial charge is 0.495 e. The second kappa shape index (κ2) is 9.97. The normalized spacial score (nSPS) is 10.4. The predicted molar refractivity (Wildman–Crippen MR) is 109 cm³/mol. The summed E-state index contributed by atoms with van der Waals surface area (Å²) in [7, 11) is 1.53. The van der Waals surface area contributed by atoms with Crippen molar-refractivity contribution in [2.75, 3.05) is 25.5 Å². The van der Waals surface area contributed by atoms with Gasteiger partial charge >= 0.3 is 0 Å². The van der Waals surface area contributed by atoms with Gasteiger partial charge in [0.15, 0.2) is 0 Å². The Bertz CT molecular complexity index is 785. The summed E-state index contributed by atoms with van der Waals surface area (Å²) in [6.07, 6.45) is 1.82. The van der Waals surface area contributed by atoms with Crippen LogP contribution in [0.4, 0.5) is 5.69 Å². The van der Waals surface area contributed by atoms with Gasteiger partial charge in [0.05, 0.1) is 12.8 Å². The third-order valence-corrected chi connectivity index (χ3v) is 4.31. The van der Waals surface area contributed by atoms with Crippen molar-refractivity contribution in [3.63, 3.8) is 0 Å². The smallest absolute Gasteiger partial charge is 0.255 e. The van der Waals surface area contributed by atoms with Gasteiger partial charge in [0.1, 0.15) is 5.75 Å². The van der Waals surface area contributed by atoms with E-state index in [0.29, 0.717) is 27.6 Å². The van der Waals surface area contributed by atoms with Gasteiger partial charge in [-0.05, 0) is 55.3 Å². The predicted octanol–water partition coefficient (Wildman–Crippen LogP) is 4.86. The monoisotopic (exact) mass is 388 g/mol. The Hall–Kier alpha value is -2.53. The molecule has 0 aliphatic rings. The van der Waals surface area contributed by atoms with Gasteiger partial charge in [0.25, 0.3) is 11.8 Å². The van der Waals surface area contributed by atoms with Crippen LogP contribution in [0.25, 0.3) is 0 Å². The second-order valence-corrected chi connectivity index (χ2v) is 6.60. The Morgan fingerprint density at radius 3 is 2.15 bits per heavy atom. The maximum atomic E-state index is 12.6. The zero-order valence-corrected chi connectivity index (χ0v) is 16.7. The summed E-state index contributed by atoms with van der Waals surface area (Å²) in [5, 5.41) is 3.29. The molecular formula is C21H25ClN2O3. The average Bonchev–Trinajstić information content (AvgIpc) is 2.67. The van der Waals surface area contributed by atoms with E-state index in [9.17, 15) is 9.59 Å². The van der Waals surface area contributed by atoms with Gasteiger partial charge in [-0.25, -0.2) is 0 Å². The fraction of sp³-hybridized carbons (Fsp3) is 0.333. The molecular weight excluding hydrogens is 364 g/mol. The molecule has 2 amide bonds. The molecule has 0 saturated heterocycles. The molecule has 0 aromatic heterocycles. The number of carbonyl (C=O) groups is 2. The number of hydrogen-bond donors (Lipinski definition) is 1. The Balaban J connectivity index is 2.13. The lowest BCUT2D eigenvalue weighted by Gasteiger charge is -2.21. The number of hydrogen-bond acceptors (Lipinski definition) is 3. The summed E-state index contributed by atoms with van der Waals surface area (Å²) in [6.45, 7) is 5.55. The maximum absolute atomic E-state index is 12.6. The molecule has 0 radical (unpaired) electrons. The van der Waals surface area contributed by atoms with E-state index in [2.05, 4.69) is 5.32 Å². The van der Waals surface area contributed by atoms with Crippen LogP contribution >= 0.6 is 11.6 Å². The first-order chi connectivity index (χ1) is 13.0. The summed E-state index contributed by atoms with van der Waals surface area (Å²) >= 11 is 5.99. The molecule has 1 N–H and O–H groups in total. The minimum absolute atomic E-state index is 0.0119. The van der Waals surface area contributed by atoms with Crippen LogP contribution in [-0.4, -0.2) is 36.9 Å². The maximum Gasteiger partial charge on any atom is 0.255 e. The van der Waals surface area contributed by atoms with E-state index in [1.165, 1.54) is 7.11 Å². The van der Waals surface area contributed by atoms with Gasteiger partial charge in [-0.3, -0.25) is 9.59 Å². The topological polar surface area (TPSA) is 58.6 Å². The summed E-state index contributed by atoms with van der Waals surface area (Å²) in [5.41, 5.74) is 1.52. The molecule has 2 rings (SSSR count). The number of carbonyl (C=O) groups excluding carboxylic acids is 2. The Morgan fingerprint density at radius 1 is 1.00 bits per heavy atom. The molecule has 0 saturated carbocycles.